The number of hydrogen-bond donors (Lipinski definition) is 1. The second kappa shape index (κ2) is 7.01. The van der Waals surface area contributed by atoms with E-state index in [-0.39, 0.29) is 0 Å². The SMILES string of the molecule is COc1cccc(CNCC2CCCCC2Cl)c1. The van der Waals surface area contributed by atoms with Crippen molar-refractivity contribution in [3.05, 3.63) is 29.8 Å². The van der Waals surface area contributed by atoms with Crippen molar-refractivity contribution in [1.29, 1.82) is 0 Å². The van der Waals surface area contributed by atoms with Gasteiger partial charge in [0.2, 0.25) is 0 Å². The molecule has 18 heavy (non-hydrogen) atoms. The predicted octanol–water partition coefficient (Wildman–Crippen LogP) is 3.58. The van der Waals surface area contributed by atoms with Crippen molar-refractivity contribution >= 4 is 11.6 Å². The van der Waals surface area contributed by atoms with Crippen molar-refractivity contribution in [1.82, 2.24) is 5.32 Å². The zero-order valence-electron chi connectivity index (χ0n) is 11.0. The fourth-order valence-corrected chi connectivity index (χ4v) is 2.95. The molecular formula is C15H22ClNO. The molecule has 100 valence electrons. The van der Waals surface area contributed by atoms with E-state index in [4.69, 9.17) is 16.3 Å². The Balaban J connectivity index is 1.77. The minimum atomic E-state index is 0.358. The molecule has 1 aliphatic rings. The molecule has 0 heterocycles. The van der Waals surface area contributed by atoms with Crippen molar-refractivity contribution in [3.63, 3.8) is 0 Å². The maximum absolute atomic E-state index is 6.35. The van der Waals surface area contributed by atoms with E-state index in [1.807, 2.05) is 12.1 Å². The quantitative estimate of drug-likeness (QED) is 0.824. The number of benzene rings is 1. The summed E-state index contributed by atoms with van der Waals surface area (Å²) in [7, 11) is 1.70. The summed E-state index contributed by atoms with van der Waals surface area (Å²) in [5.74, 6) is 1.55. The van der Waals surface area contributed by atoms with Gasteiger partial charge in [0.05, 0.1) is 7.11 Å². The lowest BCUT2D eigenvalue weighted by atomic mass is 9.89. The van der Waals surface area contributed by atoms with Crippen molar-refractivity contribution in [2.75, 3.05) is 13.7 Å². The molecule has 0 amide bonds. The molecule has 0 spiro atoms. The van der Waals surface area contributed by atoms with E-state index in [9.17, 15) is 0 Å². The summed E-state index contributed by atoms with van der Waals surface area (Å²) in [5.41, 5.74) is 1.26. The zero-order chi connectivity index (χ0) is 12.8. The molecule has 1 N–H and O–H groups in total. The van der Waals surface area contributed by atoms with Crippen LogP contribution in [0.25, 0.3) is 0 Å². The smallest absolute Gasteiger partial charge is 0.119 e. The van der Waals surface area contributed by atoms with Crippen LogP contribution >= 0.6 is 11.6 Å². The van der Waals surface area contributed by atoms with Crippen LogP contribution in [0.1, 0.15) is 31.2 Å². The van der Waals surface area contributed by atoms with Crippen LogP contribution in [0.4, 0.5) is 0 Å². The van der Waals surface area contributed by atoms with Crippen molar-refractivity contribution < 1.29 is 4.74 Å². The molecule has 3 heteroatoms. The molecule has 2 rings (SSSR count). The highest BCUT2D eigenvalue weighted by Gasteiger charge is 2.22. The third-order valence-electron chi connectivity index (χ3n) is 3.69. The number of halogens is 1. The van der Waals surface area contributed by atoms with Crippen LogP contribution in [-0.4, -0.2) is 19.0 Å². The van der Waals surface area contributed by atoms with Gasteiger partial charge in [0.1, 0.15) is 5.75 Å². The number of ether oxygens (including phenoxy) is 1. The standard InChI is InChI=1S/C15H22ClNO/c1-18-14-7-4-5-12(9-14)10-17-11-13-6-2-3-8-15(13)16/h4-5,7,9,13,15,17H,2-3,6,8,10-11H2,1H3. The van der Waals surface area contributed by atoms with Gasteiger partial charge in [0.25, 0.3) is 0 Å². The van der Waals surface area contributed by atoms with Crippen LogP contribution in [0.5, 0.6) is 5.75 Å². The summed E-state index contributed by atoms with van der Waals surface area (Å²) in [6, 6.07) is 8.20. The van der Waals surface area contributed by atoms with Crippen LogP contribution in [0.15, 0.2) is 24.3 Å². The summed E-state index contributed by atoms with van der Waals surface area (Å²) in [5, 5.41) is 3.87. The summed E-state index contributed by atoms with van der Waals surface area (Å²) in [6.07, 6.45) is 5.06. The summed E-state index contributed by atoms with van der Waals surface area (Å²) >= 11 is 6.35. The largest absolute Gasteiger partial charge is 0.497 e. The van der Waals surface area contributed by atoms with Gasteiger partial charge in [-0.15, -0.1) is 11.6 Å². The van der Waals surface area contributed by atoms with E-state index in [1.54, 1.807) is 7.11 Å². The van der Waals surface area contributed by atoms with E-state index < -0.39 is 0 Å². The minimum absolute atomic E-state index is 0.358. The van der Waals surface area contributed by atoms with Gasteiger partial charge < -0.3 is 10.1 Å². The molecule has 1 aromatic carbocycles. The Morgan fingerprint density at radius 2 is 2.17 bits per heavy atom. The fraction of sp³-hybridized carbons (Fsp3) is 0.600. The molecule has 0 aromatic heterocycles. The first-order chi connectivity index (χ1) is 8.79. The van der Waals surface area contributed by atoms with Crippen LogP contribution in [-0.2, 0) is 6.54 Å². The number of alkyl halides is 1. The van der Waals surface area contributed by atoms with Crippen molar-refractivity contribution in [2.24, 2.45) is 5.92 Å². The van der Waals surface area contributed by atoms with Gasteiger partial charge >= 0.3 is 0 Å². The Labute approximate surface area is 115 Å². The van der Waals surface area contributed by atoms with Crippen molar-refractivity contribution in [2.45, 2.75) is 37.6 Å². The lowest BCUT2D eigenvalue weighted by molar-refractivity contribution is 0.348. The van der Waals surface area contributed by atoms with Gasteiger partial charge in [-0.1, -0.05) is 25.0 Å². The Morgan fingerprint density at radius 1 is 1.33 bits per heavy atom. The van der Waals surface area contributed by atoms with Gasteiger partial charge in [-0.25, -0.2) is 0 Å². The molecular weight excluding hydrogens is 246 g/mol. The second-order valence-electron chi connectivity index (χ2n) is 5.04. The first-order valence-electron chi connectivity index (χ1n) is 6.77. The summed E-state index contributed by atoms with van der Waals surface area (Å²) < 4.78 is 5.22. The molecule has 0 saturated heterocycles. The summed E-state index contributed by atoms with van der Waals surface area (Å²) in [4.78, 5) is 0. The third-order valence-corrected chi connectivity index (χ3v) is 4.26. The fourth-order valence-electron chi connectivity index (χ4n) is 2.58. The number of hydrogen-bond acceptors (Lipinski definition) is 2. The zero-order valence-corrected chi connectivity index (χ0v) is 11.7. The Hall–Kier alpha value is -0.730. The molecule has 0 bridgehead atoms. The maximum Gasteiger partial charge on any atom is 0.119 e. The topological polar surface area (TPSA) is 21.3 Å². The lowest BCUT2D eigenvalue weighted by Gasteiger charge is -2.27. The normalized spacial score (nSPS) is 23.9. The van der Waals surface area contributed by atoms with Gasteiger partial charge in [-0.2, -0.15) is 0 Å². The molecule has 1 saturated carbocycles. The monoisotopic (exact) mass is 267 g/mol. The minimum Gasteiger partial charge on any atom is -0.497 e. The van der Waals surface area contributed by atoms with E-state index in [1.165, 1.54) is 31.2 Å². The average Bonchev–Trinajstić information content (AvgIpc) is 2.41. The molecule has 2 unspecified atom stereocenters. The van der Waals surface area contributed by atoms with E-state index in [0.29, 0.717) is 11.3 Å². The third kappa shape index (κ3) is 3.89. The highest BCUT2D eigenvalue weighted by atomic mass is 35.5. The van der Waals surface area contributed by atoms with E-state index in [2.05, 4.69) is 17.4 Å². The molecule has 1 fully saturated rings. The van der Waals surface area contributed by atoms with Crippen LogP contribution < -0.4 is 10.1 Å². The molecule has 2 nitrogen and oxygen atoms in total. The van der Waals surface area contributed by atoms with E-state index in [0.717, 1.165) is 18.8 Å². The number of nitrogens with one attached hydrogen (secondary N) is 1. The van der Waals surface area contributed by atoms with Crippen LogP contribution in [0, 0.1) is 5.92 Å². The van der Waals surface area contributed by atoms with Gasteiger partial charge in [0, 0.05) is 11.9 Å². The number of methoxy groups -OCH3 is 1. The Kier molecular flexibility index (Phi) is 5.33. The van der Waals surface area contributed by atoms with Gasteiger partial charge in [-0.05, 0) is 43.0 Å². The van der Waals surface area contributed by atoms with E-state index >= 15 is 0 Å². The van der Waals surface area contributed by atoms with Gasteiger partial charge in [-0.3, -0.25) is 0 Å². The highest BCUT2D eigenvalue weighted by molar-refractivity contribution is 6.20. The molecule has 1 aromatic rings. The number of rotatable bonds is 5. The second-order valence-corrected chi connectivity index (χ2v) is 5.60. The van der Waals surface area contributed by atoms with Crippen LogP contribution in [0.3, 0.4) is 0 Å². The average molecular weight is 268 g/mol. The first-order valence-corrected chi connectivity index (χ1v) is 7.21. The lowest BCUT2D eigenvalue weighted by Crippen LogP contribution is -2.30. The molecule has 2 atom stereocenters. The Bertz CT molecular complexity index is 369. The first kappa shape index (κ1) is 13.7. The molecule has 1 aliphatic carbocycles. The Morgan fingerprint density at radius 3 is 2.94 bits per heavy atom. The predicted molar refractivity (Wildman–Crippen MR) is 76.3 cm³/mol. The van der Waals surface area contributed by atoms with Crippen molar-refractivity contribution in [3.8, 4) is 5.75 Å². The molecule has 0 radical (unpaired) electrons. The molecule has 0 aliphatic heterocycles. The summed E-state index contributed by atoms with van der Waals surface area (Å²) in [6.45, 7) is 1.91. The van der Waals surface area contributed by atoms with Gasteiger partial charge in [0.15, 0.2) is 0 Å². The highest BCUT2D eigenvalue weighted by Crippen LogP contribution is 2.28. The van der Waals surface area contributed by atoms with Crippen LogP contribution in [0.2, 0.25) is 0 Å². The maximum atomic E-state index is 6.35.